The summed E-state index contributed by atoms with van der Waals surface area (Å²) in [5.74, 6) is -0.541. The number of rotatable bonds is 7. The molecule has 4 aromatic rings. The van der Waals surface area contributed by atoms with E-state index in [1.807, 2.05) is 6.07 Å². The van der Waals surface area contributed by atoms with Crippen LogP contribution in [0.15, 0.2) is 78.0 Å². The van der Waals surface area contributed by atoms with Crippen molar-refractivity contribution in [3.05, 3.63) is 99.3 Å². The van der Waals surface area contributed by atoms with E-state index in [1.165, 1.54) is 24.3 Å². The van der Waals surface area contributed by atoms with E-state index in [0.29, 0.717) is 22.1 Å². The zero-order valence-electron chi connectivity index (χ0n) is 17.7. The number of hydrogen-bond acceptors (Lipinski definition) is 6. The molecule has 1 N–H and O–H groups in total. The van der Waals surface area contributed by atoms with Crippen LogP contribution in [-0.2, 0) is 11.8 Å². The summed E-state index contributed by atoms with van der Waals surface area (Å²) in [6.07, 6.45) is 0. The number of thioether (sulfide) groups is 1. The summed E-state index contributed by atoms with van der Waals surface area (Å²) in [5, 5.41) is 21.8. The van der Waals surface area contributed by atoms with Crippen molar-refractivity contribution < 1.29 is 14.1 Å². The predicted molar refractivity (Wildman–Crippen MR) is 128 cm³/mol. The van der Waals surface area contributed by atoms with Crippen molar-refractivity contribution in [1.82, 2.24) is 14.8 Å². The minimum Gasteiger partial charge on any atom is -0.325 e. The number of anilines is 1. The van der Waals surface area contributed by atoms with E-state index in [2.05, 4.69) is 15.5 Å². The van der Waals surface area contributed by atoms with Crippen molar-refractivity contribution in [3.8, 4) is 11.4 Å². The van der Waals surface area contributed by atoms with Crippen LogP contribution < -0.4 is 5.32 Å². The van der Waals surface area contributed by atoms with Crippen LogP contribution in [0.1, 0.15) is 10.8 Å². The Kier molecular flexibility index (Phi) is 6.90. The SMILES string of the molecule is Cn1c(SC(C(=O)Nc2ccc(Cl)c([N+](=O)[O-])c2)c2ccccc2)nnc1-c1ccccc1F. The molecule has 4 rings (SSSR count). The number of nitrogens with zero attached hydrogens (tertiary/aromatic N) is 4. The van der Waals surface area contributed by atoms with Crippen LogP contribution in [0.3, 0.4) is 0 Å². The Morgan fingerprint density at radius 2 is 1.82 bits per heavy atom. The van der Waals surface area contributed by atoms with Gasteiger partial charge in [0.1, 0.15) is 16.1 Å². The van der Waals surface area contributed by atoms with Crippen molar-refractivity contribution in [2.75, 3.05) is 5.32 Å². The maximum Gasteiger partial charge on any atom is 0.289 e. The fourth-order valence-electron chi connectivity index (χ4n) is 3.24. The van der Waals surface area contributed by atoms with Crippen LogP contribution in [-0.4, -0.2) is 25.6 Å². The number of nitro benzene ring substituents is 1. The molecule has 1 heterocycles. The summed E-state index contributed by atoms with van der Waals surface area (Å²) in [5.41, 5.74) is 0.890. The third-order valence-electron chi connectivity index (χ3n) is 4.92. The minimum absolute atomic E-state index is 0.0308. The normalized spacial score (nSPS) is 11.7. The summed E-state index contributed by atoms with van der Waals surface area (Å²) in [6, 6.07) is 19.2. The zero-order valence-corrected chi connectivity index (χ0v) is 19.3. The van der Waals surface area contributed by atoms with Gasteiger partial charge in [-0.25, -0.2) is 4.39 Å². The molecule has 0 saturated carbocycles. The summed E-state index contributed by atoms with van der Waals surface area (Å²) in [7, 11) is 1.69. The highest BCUT2D eigenvalue weighted by Gasteiger charge is 2.26. The first-order chi connectivity index (χ1) is 16.3. The number of nitro groups is 1. The number of carbonyl (C=O) groups excluding carboxylic acids is 1. The highest BCUT2D eigenvalue weighted by molar-refractivity contribution is 8.00. The molecule has 0 saturated heterocycles. The van der Waals surface area contributed by atoms with Gasteiger partial charge in [-0.1, -0.05) is 65.8 Å². The smallest absolute Gasteiger partial charge is 0.289 e. The van der Waals surface area contributed by atoms with Crippen LogP contribution in [0, 0.1) is 15.9 Å². The number of aromatic nitrogens is 3. The van der Waals surface area contributed by atoms with E-state index in [-0.39, 0.29) is 16.4 Å². The predicted octanol–water partition coefficient (Wildman–Crippen LogP) is 5.65. The molecule has 0 radical (unpaired) electrons. The molecule has 8 nitrogen and oxygen atoms in total. The van der Waals surface area contributed by atoms with Gasteiger partial charge < -0.3 is 9.88 Å². The highest BCUT2D eigenvalue weighted by Crippen LogP contribution is 2.37. The Morgan fingerprint density at radius 1 is 1.12 bits per heavy atom. The van der Waals surface area contributed by atoms with Crippen molar-refractivity contribution in [2.45, 2.75) is 10.4 Å². The van der Waals surface area contributed by atoms with Gasteiger partial charge in [-0.05, 0) is 29.8 Å². The first-order valence-electron chi connectivity index (χ1n) is 9.96. The standard InChI is InChI=1S/C23H17ClFN5O3S/c1-29-21(16-9-5-6-10-18(16)25)27-28-23(29)34-20(14-7-3-2-4-8-14)22(31)26-15-11-12-17(24)19(13-15)30(32)33/h2-13,20H,1H3,(H,26,31). The molecule has 172 valence electrons. The molecule has 1 amide bonds. The van der Waals surface area contributed by atoms with Crippen LogP contribution >= 0.6 is 23.4 Å². The Hall–Kier alpha value is -3.76. The molecule has 0 spiro atoms. The molecular formula is C23H17ClFN5O3S. The zero-order chi connectivity index (χ0) is 24.2. The fraction of sp³-hybridized carbons (Fsp3) is 0.0870. The molecule has 11 heteroatoms. The highest BCUT2D eigenvalue weighted by atomic mass is 35.5. The van der Waals surface area contributed by atoms with Crippen LogP contribution in [0.4, 0.5) is 15.8 Å². The summed E-state index contributed by atoms with van der Waals surface area (Å²) < 4.78 is 15.9. The second-order valence-electron chi connectivity index (χ2n) is 7.17. The molecule has 0 fully saturated rings. The van der Waals surface area contributed by atoms with Crippen molar-refractivity contribution >= 4 is 40.6 Å². The lowest BCUT2D eigenvalue weighted by Crippen LogP contribution is -2.19. The first kappa shape index (κ1) is 23.4. The van der Waals surface area contributed by atoms with Crippen molar-refractivity contribution in [1.29, 1.82) is 0 Å². The second kappa shape index (κ2) is 10.0. The molecule has 0 aliphatic heterocycles. The fourth-order valence-corrected chi connectivity index (χ4v) is 4.43. The summed E-state index contributed by atoms with van der Waals surface area (Å²) in [4.78, 5) is 23.9. The third kappa shape index (κ3) is 4.92. The molecular weight excluding hydrogens is 481 g/mol. The first-order valence-corrected chi connectivity index (χ1v) is 11.2. The molecule has 0 bridgehead atoms. The Morgan fingerprint density at radius 3 is 2.53 bits per heavy atom. The number of hydrogen-bond donors (Lipinski definition) is 1. The largest absolute Gasteiger partial charge is 0.325 e. The van der Waals surface area contributed by atoms with E-state index in [4.69, 9.17) is 11.6 Å². The lowest BCUT2D eigenvalue weighted by molar-refractivity contribution is -0.384. The van der Waals surface area contributed by atoms with Crippen molar-refractivity contribution in [2.24, 2.45) is 7.05 Å². The molecule has 1 aromatic heterocycles. The van der Waals surface area contributed by atoms with E-state index in [1.54, 1.807) is 54.1 Å². The molecule has 1 atom stereocenters. The quantitative estimate of drug-likeness (QED) is 0.201. The van der Waals surface area contributed by atoms with Gasteiger partial charge in [-0.2, -0.15) is 0 Å². The number of nitrogens with one attached hydrogen (secondary N) is 1. The van der Waals surface area contributed by atoms with Gasteiger partial charge in [0.25, 0.3) is 5.69 Å². The maximum atomic E-state index is 14.3. The van der Waals surface area contributed by atoms with Crippen LogP contribution in [0.5, 0.6) is 0 Å². The summed E-state index contributed by atoms with van der Waals surface area (Å²) >= 11 is 7.00. The number of halogens is 2. The minimum atomic E-state index is -0.771. The topological polar surface area (TPSA) is 103 Å². The van der Waals surface area contributed by atoms with E-state index < -0.39 is 21.9 Å². The Bertz CT molecular complexity index is 1370. The van der Waals surface area contributed by atoms with Gasteiger partial charge in [0.15, 0.2) is 11.0 Å². The molecule has 1 unspecified atom stereocenters. The van der Waals surface area contributed by atoms with E-state index in [0.717, 1.165) is 11.8 Å². The molecule has 3 aromatic carbocycles. The molecule has 34 heavy (non-hydrogen) atoms. The van der Waals surface area contributed by atoms with Gasteiger partial charge in [0, 0.05) is 18.8 Å². The average molecular weight is 498 g/mol. The van der Waals surface area contributed by atoms with Gasteiger partial charge in [-0.15, -0.1) is 10.2 Å². The van der Waals surface area contributed by atoms with Crippen LogP contribution in [0.2, 0.25) is 5.02 Å². The second-order valence-corrected chi connectivity index (χ2v) is 8.65. The van der Waals surface area contributed by atoms with E-state index in [9.17, 15) is 19.3 Å². The van der Waals surface area contributed by atoms with Gasteiger partial charge >= 0.3 is 0 Å². The Labute approximate surface area is 202 Å². The Balaban J connectivity index is 1.65. The lowest BCUT2D eigenvalue weighted by atomic mass is 10.1. The number of carbonyl (C=O) groups is 1. The third-order valence-corrected chi connectivity index (χ3v) is 6.53. The molecule has 0 aliphatic carbocycles. The lowest BCUT2D eigenvalue weighted by Gasteiger charge is -2.17. The maximum absolute atomic E-state index is 14.3. The monoisotopic (exact) mass is 497 g/mol. The van der Waals surface area contributed by atoms with Crippen molar-refractivity contribution in [3.63, 3.8) is 0 Å². The molecule has 0 aliphatic rings. The van der Waals surface area contributed by atoms with Gasteiger partial charge in [0.2, 0.25) is 5.91 Å². The van der Waals surface area contributed by atoms with Gasteiger partial charge in [-0.3, -0.25) is 14.9 Å². The number of benzene rings is 3. The average Bonchev–Trinajstić information content (AvgIpc) is 3.19. The van der Waals surface area contributed by atoms with E-state index >= 15 is 0 Å². The number of amides is 1. The van der Waals surface area contributed by atoms with Crippen LogP contribution in [0.25, 0.3) is 11.4 Å². The van der Waals surface area contributed by atoms with Gasteiger partial charge in [0.05, 0.1) is 10.5 Å². The summed E-state index contributed by atoms with van der Waals surface area (Å²) in [6.45, 7) is 0.